The molecule has 142 valence electrons. The van der Waals surface area contributed by atoms with Gasteiger partial charge in [-0.15, -0.1) is 64.0 Å². The minimum atomic E-state index is -0.616. The fraction of sp³-hybridized carbons (Fsp3) is 0. The van der Waals surface area contributed by atoms with Gasteiger partial charge in [0, 0.05) is 0 Å². The summed E-state index contributed by atoms with van der Waals surface area (Å²) in [6, 6.07) is 35.4. The molecule has 0 N–H and O–H groups in total. The van der Waals surface area contributed by atoms with Crippen LogP contribution in [-0.4, -0.2) is 0 Å². The van der Waals surface area contributed by atoms with Gasteiger partial charge in [-0.1, -0.05) is 81.4 Å². The van der Waals surface area contributed by atoms with Crippen molar-refractivity contribution in [1.29, 1.82) is 0 Å². The van der Waals surface area contributed by atoms with Crippen LogP contribution in [0, 0.1) is 0 Å². The molecule has 0 aliphatic heterocycles. The summed E-state index contributed by atoms with van der Waals surface area (Å²) < 4.78 is 1.15. The molecule has 5 aromatic rings. The first-order valence-corrected chi connectivity index (χ1v) is 10.8. The van der Waals surface area contributed by atoms with E-state index in [9.17, 15) is 0 Å². The van der Waals surface area contributed by atoms with Gasteiger partial charge in [-0.3, -0.25) is 0 Å². The van der Waals surface area contributed by atoms with Gasteiger partial charge in [0.25, 0.3) is 0 Å². The van der Waals surface area contributed by atoms with E-state index in [2.05, 4.69) is 113 Å². The van der Waals surface area contributed by atoms with E-state index in [-0.39, 0.29) is 51.0 Å². The smallest absolute Gasteiger partial charge is 1.00 e. The first-order chi connectivity index (χ1) is 12.8. The van der Waals surface area contributed by atoms with Crippen molar-refractivity contribution in [1.82, 2.24) is 0 Å². The maximum absolute atomic E-state index is 3.66. The molecule has 0 spiro atoms. The van der Waals surface area contributed by atoms with Crippen LogP contribution in [0.25, 0.3) is 21.5 Å². The molecule has 29 heavy (non-hydrogen) atoms. The third-order valence-electron chi connectivity index (χ3n) is 4.85. The summed E-state index contributed by atoms with van der Waals surface area (Å²) in [6.07, 6.45) is 0. The van der Waals surface area contributed by atoms with Crippen molar-refractivity contribution in [3.63, 3.8) is 0 Å². The Kier molecular flexibility index (Phi) is 8.90. The number of benzene rings is 3. The molecular formula is C24H16BrCl2PZr. The molecular weight excluding hydrogens is 561 g/mol. The Morgan fingerprint density at radius 3 is 2.31 bits per heavy atom. The molecule has 5 aromatic carbocycles. The van der Waals surface area contributed by atoms with Gasteiger partial charge in [0.1, 0.15) is 0 Å². The van der Waals surface area contributed by atoms with Crippen LogP contribution in [0.15, 0.2) is 102 Å². The van der Waals surface area contributed by atoms with Crippen LogP contribution in [0.2, 0.25) is 0 Å². The topological polar surface area (TPSA) is 0 Å². The van der Waals surface area contributed by atoms with Crippen molar-refractivity contribution in [2.75, 3.05) is 0 Å². The molecule has 0 nitrogen and oxygen atoms in total. The summed E-state index contributed by atoms with van der Waals surface area (Å²) in [5.41, 5.74) is 0. The number of rotatable bonds is 3. The molecule has 5 heteroatoms. The van der Waals surface area contributed by atoms with Crippen LogP contribution in [0.5, 0.6) is 0 Å². The van der Waals surface area contributed by atoms with E-state index in [1.807, 2.05) is 0 Å². The van der Waals surface area contributed by atoms with Crippen LogP contribution in [0.1, 0.15) is 0 Å². The molecule has 1 atom stereocenters. The first kappa shape index (κ1) is 24.5. The SMILES string of the molecule is Brc1cc2c(P(c3ccccc3)[c-]3ccc4ccccc43)cccc2[cH-]1.[Cl-].[Cl-].[Zr+4]. The fourth-order valence-corrected chi connectivity index (χ4v) is 6.79. The largest absolute Gasteiger partial charge is 4.00 e. The molecule has 0 saturated heterocycles. The van der Waals surface area contributed by atoms with Gasteiger partial charge < -0.3 is 24.8 Å². The molecule has 5 rings (SSSR count). The van der Waals surface area contributed by atoms with Gasteiger partial charge in [-0.05, 0) is 5.30 Å². The summed E-state index contributed by atoms with van der Waals surface area (Å²) >= 11 is 3.66. The first-order valence-electron chi connectivity index (χ1n) is 8.66. The Hall–Kier alpha value is -0.747. The molecule has 0 aliphatic carbocycles. The minimum Gasteiger partial charge on any atom is -1.00 e. The Bertz CT molecular complexity index is 1210. The van der Waals surface area contributed by atoms with E-state index in [4.69, 9.17) is 0 Å². The van der Waals surface area contributed by atoms with Crippen LogP contribution in [0.4, 0.5) is 0 Å². The standard InChI is InChI=1S/C24H16BrP.2ClH.Zr/c25-19-15-18-8-6-12-23(22(18)16-19)26(20-9-2-1-3-10-20)24-14-13-17-7-4-5-11-21(17)24;;;/h1-16H;2*1H;/q-2;;;+4/p-2. The Morgan fingerprint density at radius 1 is 0.793 bits per heavy atom. The molecule has 0 amide bonds. The van der Waals surface area contributed by atoms with Gasteiger partial charge in [-0.25, -0.2) is 0 Å². The Morgan fingerprint density at radius 2 is 1.52 bits per heavy atom. The van der Waals surface area contributed by atoms with Crippen molar-refractivity contribution in [2.45, 2.75) is 0 Å². The predicted molar refractivity (Wildman–Crippen MR) is 119 cm³/mol. The van der Waals surface area contributed by atoms with Crippen molar-refractivity contribution in [3.05, 3.63) is 102 Å². The molecule has 0 aliphatic rings. The van der Waals surface area contributed by atoms with E-state index in [1.165, 1.54) is 37.5 Å². The minimum absolute atomic E-state index is 0. The van der Waals surface area contributed by atoms with Crippen molar-refractivity contribution in [2.24, 2.45) is 0 Å². The van der Waals surface area contributed by atoms with Gasteiger partial charge >= 0.3 is 26.2 Å². The zero-order valence-corrected chi connectivity index (χ0v) is 21.8. The number of fused-ring (bicyclic) bond motifs is 2. The van der Waals surface area contributed by atoms with E-state index < -0.39 is 7.92 Å². The monoisotopic (exact) mass is 574 g/mol. The number of halogens is 3. The van der Waals surface area contributed by atoms with Crippen LogP contribution in [0.3, 0.4) is 0 Å². The van der Waals surface area contributed by atoms with Crippen LogP contribution < -0.4 is 40.7 Å². The maximum Gasteiger partial charge on any atom is 4.00 e. The number of hydrogen-bond acceptors (Lipinski definition) is 0. The van der Waals surface area contributed by atoms with Crippen LogP contribution in [-0.2, 0) is 26.2 Å². The molecule has 0 bridgehead atoms. The average molecular weight is 577 g/mol. The quantitative estimate of drug-likeness (QED) is 0.209. The summed E-state index contributed by atoms with van der Waals surface area (Å²) in [7, 11) is -0.616. The second-order valence-electron chi connectivity index (χ2n) is 6.43. The van der Waals surface area contributed by atoms with E-state index in [1.54, 1.807) is 0 Å². The summed E-state index contributed by atoms with van der Waals surface area (Å²) in [4.78, 5) is 0. The van der Waals surface area contributed by atoms with E-state index >= 15 is 0 Å². The van der Waals surface area contributed by atoms with E-state index in [0.29, 0.717) is 0 Å². The second-order valence-corrected chi connectivity index (χ2v) is 9.50. The van der Waals surface area contributed by atoms with Crippen molar-refractivity contribution < 1.29 is 51.0 Å². The zero-order chi connectivity index (χ0) is 17.5. The fourth-order valence-electron chi connectivity index (χ4n) is 3.69. The van der Waals surface area contributed by atoms with Gasteiger partial charge in [0.05, 0.1) is 0 Å². The number of hydrogen-bond donors (Lipinski definition) is 0. The molecule has 1 unspecified atom stereocenters. The average Bonchev–Trinajstić information content (AvgIpc) is 3.26. The van der Waals surface area contributed by atoms with Gasteiger partial charge in [-0.2, -0.15) is 12.1 Å². The summed E-state index contributed by atoms with van der Waals surface area (Å²) in [6.45, 7) is 0. The van der Waals surface area contributed by atoms with Crippen LogP contribution >= 0.6 is 23.9 Å². The molecule has 0 saturated carbocycles. The van der Waals surface area contributed by atoms with E-state index in [0.717, 1.165) is 4.47 Å². The Balaban J connectivity index is 0.000001000. The normalized spacial score (nSPS) is 11.3. The summed E-state index contributed by atoms with van der Waals surface area (Å²) in [5, 5.41) is 9.58. The predicted octanol–water partition coefficient (Wildman–Crippen LogP) is -0.0430. The van der Waals surface area contributed by atoms with Crippen molar-refractivity contribution in [3.8, 4) is 0 Å². The second kappa shape index (κ2) is 10.5. The van der Waals surface area contributed by atoms with Gasteiger partial charge in [0.2, 0.25) is 0 Å². The molecule has 0 heterocycles. The maximum atomic E-state index is 3.66. The molecule has 0 aromatic heterocycles. The van der Waals surface area contributed by atoms with Crippen molar-refractivity contribution >= 4 is 61.3 Å². The Labute approximate surface area is 212 Å². The molecule has 0 fully saturated rings. The third kappa shape index (κ3) is 4.63. The van der Waals surface area contributed by atoms with Gasteiger partial charge in [0.15, 0.2) is 0 Å². The summed E-state index contributed by atoms with van der Waals surface area (Å²) in [5.74, 6) is 0. The molecule has 0 radical (unpaired) electrons. The third-order valence-corrected chi connectivity index (χ3v) is 7.86. The zero-order valence-electron chi connectivity index (χ0n) is 15.3.